The summed E-state index contributed by atoms with van der Waals surface area (Å²) in [5.74, 6) is -0.383. The van der Waals surface area contributed by atoms with Crippen LogP contribution in [0.2, 0.25) is 0 Å². The summed E-state index contributed by atoms with van der Waals surface area (Å²) in [6.07, 6.45) is 5.88. The van der Waals surface area contributed by atoms with Crippen LogP contribution in [0, 0.1) is 18.3 Å². The fourth-order valence-electron chi connectivity index (χ4n) is 4.48. The highest BCUT2D eigenvalue weighted by molar-refractivity contribution is 6.10. The van der Waals surface area contributed by atoms with Gasteiger partial charge in [-0.25, -0.2) is 0 Å². The molecule has 3 rings (SSSR count). The number of nitrogens with zero attached hydrogens (tertiary/aromatic N) is 2. The maximum Gasteiger partial charge on any atom is 0.266 e. The van der Waals surface area contributed by atoms with E-state index in [-0.39, 0.29) is 17.0 Å². The number of carbonyl (C=O) groups excluding carboxylic acids is 1. The van der Waals surface area contributed by atoms with E-state index in [0.717, 1.165) is 47.3 Å². The SMILES string of the molecule is CCCN1c2cc(C)c(/C=C(\C#N)C(=O)Nc3ccccc3CC)cc2C(C)=CC1(C)C. The van der Waals surface area contributed by atoms with Crippen molar-refractivity contribution in [1.29, 1.82) is 5.26 Å². The average Bonchev–Trinajstić information content (AvgIpc) is 2.75. The number of fused-ring (bicyclic) bond motifs is 1. The maximum absolute atomic E-state index is 12.9. The van der Waals surface area contributed by atoms with Gasteiger partial charge in [-0.05, 0) is 87.1 Å². The van der Waals surface area contributed by atoms with E-state index in [1.54, 1.807) is 6.08 Å². The Hall–Kier alpha value is -3.32. The molecular formula is C28H33N3O. The molecule has 1 N–H and O–H groups in total. The summed E-state index contributed by atoms with van der Waals surface area (Å²) in [6.45, 7) is 13.9. The van der Waals surface area contributed by atoms with Crippen LogP contribution >= 0.6 is 0 Å². The van der Waals surface area contributed by atoms with E-state index in [1.165, 1.54) is 11.3 Å². The zero-order chi connectivity index (χ0) is 23.5. The Bertz CT molecular complexity index is 1130. The topological polar surface area (TPSA) is 56.1 Å². The highest BCUT2D eigenvalue weighted by Gasteiger charge is 2.31. The van der Waals surface area contributed by atoms with Crippen molar-refractivity contribution in [3.05, 3.63) is 70.3 Å². The number of amides is 1. The number of nitrogens with one attached hydrogen (secondary N) is 1. The highest BCUT2D eigenvalue weighted by Crippen LogP contribution is 2.40. The van der Waals surface area contributed by atoms with Gasteiger partial charge in [0.05, 0.1) is 5.54 Å². The minimum Gasteiger partial charge on any atom is -0.362 e. The Balaban J connectivity index is 2.00. The minimum atomic E-state index is -0.383. The van der Waals surface area contributed by atoms with Gasteiger partial charge in [-0.3, -0.25) is 4.79 Å². The van der Waals surface area contributed by atoms with Crippen molar-refractivity contribution in [2.24, 2.45) is 0 Å². The molecule has 4 heteroatoms. The number of anilines is 2. The van der Waals surface area contributed by atoms with E-state index < -0.39 is 0 Å². The molecule has 0 spiro atoms. The van der Waals surface area contributed by atoms with Crippen molar-refractivity contribution in [2.45, 2.75) is 59.9 Å². The van der Waals surface area contributed by atoms with Crippen molar-refractivity contribution < 1.29 is 4.79 Å². The van der Waals surface area contributed by atoms with Gasteiger partial charge in [0, 0.05) is 23.5 Å². The fraction of sp³-hybridized carbons (Fsp3) is 0.357. The summed E-state index contributed by atoms with van der Waals surface area (Å²) in [4.78, 5) is 15.3. The first-order chi connectivity index (χ1) is 15.2. The van der Waals surface area contributed by atoms with Crippen LogP contribution in [-0.4, -0.2) is 18.0 Å². The second-order valence-electron chi connectivity index (χ2n) is 8.99. The van der Waals surface area contributed by atoms with Gasteiger partial charge < -0.3 is 10.2 Å². The third-order valence-electron chi connectivity index (χ3n) is 6.12. The lowest BCUT2D eigenvalue weighted by Gasteiger charge is -2.43. The molecule has 1 amide bonds. The Morgan fingerprint density at radius 2 is 1.91 bits per heavy atom. The molecule has 0 bridgehead atoms. The van der Waals surface area contributed by atoms with Gasteiger partial charge in [0.1, 0.15) is 11.6 Å². The molecule has 0 unspecified atom stereocenters. The number of rotatable bonds is 6. The number of para-hydroxylation sites is 1. The summed E-state index contributed by atoms with van der Waals surface area (Å²) in [5.41, 5.74) is 7.36. The number of benzene rings is 2. The zero-order valence-corrected chi connectivity index (χ0v) is 20.0. The van der Waals surface area contributed by atoms with Gasteiger partial charge in [-0.1, -0.05) is 38.1 Å². The summed E-state index contributed by atoms with van der Waals surface area (Å²) < 4.78 is 0. The van der Waals surface area contributed by atoms with E-state index in [2.05, 4.69) is 62.2 Å². The summed E-state index contributed by atoms with van der Waals surface area (Å²) >= 11 is 0. The van der Waals surface area contributed by atoms with Crippen LogP contribution in [0.15, 0.2) is 48.0 Å². The van der Waals surface area contributed by atoms with Crippen LogP contribution in [-0.2, 0) is 11.2 Å². The largest absolute Gasteiger partial charge is 0.362 e. The quantitative estimate of drug-likeness (QED) is 0.422. The van der Waals surface area contributed by atoms with Gasteiger partial charge in [0.2, 0.25) is 0 Å². The molecule has 0 aliphatic carbocycles. The molecule has 0 radical (unpaired) electrons. The van der Waals surface area contributed by atoms with E-state index >= 15 is 0 Å². The van der Waals surface area contributed by atoms with Crippen molar-refractivity contribution in [3.63, 3.8) is 0 Å². The van der Waals surface area contributed by atoms with E-state index in [9.17, 15) is 10.1 Å². The molecule has 32 heavy (non-hydrogen) atoms. The minimum absolute atomic E-state index is 0.0543. The first kappa shape index (κ1) is 23.3. The molecule has 166 valence electrons. The molecule has 1 aliphatic heterocycles. The van der Waals surface area contributed by atoms with Crippen LogP contribution in [0.1, 0.15) is 63.3 Å². The molecule has 0 atom stereocenters. The number of hydrogen-bond donors (Lipinski definition) is 1. The Morgan fingerprint density at radius 3 is 2.56 bits per heavy atom. The lowest BCUT2D eigenvalue weighted by Crippen LogP contribution is -2.45. The summed E-state index contributed by atoms with van der Waals surface area (Å²) in [7, 11) is 0. The van der Waals surface area contributed by atoms with E-state index in [4.69, 9.17) is 0 Å². The van der Waals surface area contributed by atoms with Gasteiger partial charge in [0.25, 0.3) is 5.91 Å². The number of aryl methyl sites for hydroxylation is 2. The standard InChI is InChI=1S/C28H33N3O/c1-7-13-31-26-14-19(3)22(16-24(26)20(4)17-28(31,5)6)15-23(18-29)27(32)30-25-12-10-9-11-21(25)8-2/h9-12,14-17H,7-8,13H2,1-6H3,(H,30,32)/b23-15+. The number of allylic oxidation sites excluding steroid dienone is 1. The number of nitriles is 1. The average molecular weight is 428 g/mol. The smallest absolute Gasteiger partial charge is 0.266 e. The summed E-state index contributed by atoms with van der Waals surface area (Å²) in [6, 6.07) is 14.1. The highest BCUT2D eigenvalue weighted by atomic mass is 16.1. The fourth-order valence-corrected chi connectivity index (χ4v) is 4.48. The summed E-state index contributed by atoms with van der Waals surface area (Å²) in [5, 5.41) is 12.6. The Kier molecular flexibility index (Phi) is 6.89. The van der Waals surface area contributed by atoms with Gasteiger partial charge in [-0.2, -0.15) is 5.26 Å². The molecule has 2 aromatic carbocycles. The monoisotopic (exact) mass is 427 g/mol. The van der Waals surface area contributed by atoms with Crippen molar-refractivity contribution >= 4 is 28.9 Å². The Morgan fingerprint density at radius 1 is 1.19 bits per heavy atom. The maximum atomic E-state index is 12.9. The van der Waals surface area contributed by atoms with Crippen molar-refractivity contribution in [1.82, 2.24) is 0 Å². The van der Waals surface area contributed by atoms with Gasteiger partial charge in [0.15, 0.2) is 0 Å². The normalized spacial score (nSPS) is 15.0. The van der Waals surface area contributed by atoms with Crippen LogP contribution in [0.4, 0.5) is 11.4 Å². The molecule has 0 fully saturated rings. The molecule has 2 aromatic rings. The molecular weight excluding hydrogens is 394 g/mol. The second-order valence-corrected chi connectivity index (χ2v) is 8.99. The van der Waals surface area contributed by atoms with Gasteiger partial charge >= 0.3 is 0 Å². The van der Waals surface area contributed by atoms with Crippen LogP contribution in [0.3, 0.4) is 0 Å². The second kappa shape index (κ2) is 9.44. The first-order valence-electron chi connectivity index (χ1n) is 11.3. The van der Waals surface area contributed by atoms with Gasteiger partial charge in [-0.15, -0.1) is 0 Å². The number of carbonyl (C=O) groups is 1. The number of hydrogen-bond acceptors (Lipinski definition) is 3. The lowest BCUT2D eigenvalue weighted by molar-refractivity contribution is -0.112. The molecule has 4 nitrogen and oxygen atoms in total. The molecule has 1 aliphatic rings. The van der Waals surface area contributed by atoms with Crippen LogP contribution in [0.5, 0.6) is 0 Å². The van der Waals surface area contributed by atoms with Crippen molar-refractivity contribution in [2.75, 3.05) is 16.8 Å². The Labute approximate surface area is 192 Å². The lowest BCUT2D eigenvalue weighted by atomic mass is 9.86. The van der Waals surface area contributed by atoms with E-state index in [1.807, 2.05) is 38.1 Å². The van der Waals surface area contributed by atoms with E-state index in [0.29, 0.717) is 0 Å². The van der Waals surface area contributed by atoms with Crippen molar-refractivity contribution in [3.8, 4) is 6.07 Å². The van der Waals surface area contributed by atoms with Crippen LogP contribution < -0.4 is 10.2 Å². The zero-order valence-electron chi connectivity index (χ0n) is 20.0. The molecule has 1 heterocycles. The third kappa shape index (κ3) is 4.62. The molecule has 0 saturated heterocycles. The van der Waals surface area contributed by atoms with Crippen LogP contribution in [0.25, 0.3) is 11.6 Å². The third-order valence-corrected chi connectivity index (χ3v) is 6.12. The molecule has 0 saturated carbocycles. The predicted molar refractivity (Wildman–Crippen MR) is 135 cm³/mol. The first-order valence-corrected chi connectivity index (χ1v) is 11.3. The molecule has 0 aromatic heterocycles. The predicted octanol–water partition coefficient (Wildman–Crippen LogP) is 6.52.